The molecule has 22 heavy (non-hydrogen) atoms. The van der Waals surface area contributed by atoms with E-state index in [9.17, 15) is 20.2 Å². The number of nitrogens with zero attached hydrogens (tertiary/aromatic N) is 4. The van der Waals surface area contributed by atoms with Crippen LogP contribution in [0.4, 0.5) is 11.4 Å². The summed E-state index contributed by atoms with van der Waals surface area (Å²) in [5, 5.41) is 22.0. The zero-order valence-corrected chi connectivity index (χ0v) is 11.4. The number of non-ortho nitro benzene ring substituents is 2. The van der Waals surface area contributed by atoms with Gasteiger partial charge in [-0.05, 0) is 6.07 Å². The summed E-state index contributed by atoms with van der Waals surface area (Å²) in [6, 6.07) is 4.92. The summed E-state index contributed by atoms with van der Waals surface area (Å²) in [4.78, 5) is 31.4. The number of pyridine rings is 1. The van der Waals surface area contributed by atoms with Gasteiger partial charge in [-0.2, -0.15) is 0 Å². The fraction of sp³-hybridized carbons (Fsp3) is 0. The topological polar surface area (TPSA) is 128 Å². The minimum atomic E-state index is -0.701. The molecule has 0 aliphatic heterocycles. The Morgan fingerprint density at radius 1 is 1.09 bits per heavy atom. The molecule has 10 heteroatoms. The molecule has 110 valence electrons. The summed E-state index contributed by atoms with van der Waals surface area (Å²) in [5.74, 6) is 0.233. The molecule has 0 radical (unpaired) electrons. The minimum Gasteiger partial charge on any atom is -0.338 e. The van der Waals surface area contributed by atoms with Crippen LogP contribution in [0.5, 0.6) is 0 Å². The molecule has 0 saturated carbocycles. The third-order valence-corrected chi connectivity index (χ3v) is 3.23. The van der Waals surface area contributed by atoms with Crippen LogP contribution in [0, 0.1) is 20.2 Å². The summed E-state index contributed by atoms with van der Waals surface area (Å²) in [6.45, 7) is 0. The smallest absolute Gasteiger partial charge is 0.277 e. The van der Waals surface area contributed by atoms with Crippen LogP contribution in [0.2, 0.25) is 5.15 Å². The summed E-state index contributed by atoms with van der Waals surface area (Å²) in [6.07, 6.45) is 1.47. The maximum atomic E-state index is 10.9. The van der Waals surface area contributed by atoms with Gasteiger partial charge in [-0.15, -0.1) is 0 Å². The van der Waals surface area contributed by atoms with Gasteiger partial charge in [0.05, 0.1) is 21.4 Å². The van der Waals surface area contributed by atoms with Crippen molar-refractivity contribution in [3.8, 4) is 11.4 Å². The van der Waals surface area contributed by atoms with E-state index in [0.717, 1.165) is 6.07 Å². The number of nitro groups is 2. The Morgan fingerprint density at radius 2 is 1.73 bits per heavy atom. The lowest BCUT2D eigenvalue weighted by atomic mass is 10.1. The molecular formula is C12H6ClN5O4. The SMILES string of the molecule is O=[N+]([O-])c1cc(-c2nc3c(Cl)nccc3[nH]2)cc([N+](=O)[O-])c1. The zero-order valence-electron chi connectivity index (χ0n) is 10.7. The second-order valence-electron chi connectivity index (χ2n) is 4.34. The Kier molecular flexibility index (Phi) is 3.18. The van der Waals surface area contributed by atoms with E-state index in [1.54, 1.807) is 6.07 Å². The van der Waals surface area contributed by atoms with Gasteiger partial charge in [0.15, 0.2) is 5.15 Å². The van der Waals surface area contributed by atoms with E-state index in [0.29, 0.717) is 11.0 Å². The number of imidazole rings is 1. The summed E-state index contributed by atoms with van der Waals surface area (Å²) >= 11 is 5.91. The molecule has 3 aromatic rings. The molecule has 0 bridgehead atoms. The molecule has 0 unspecified atom stereocenters. The number of benzene rings is 1. The first-order chi connectivity index (χ1) is 10.5. The molecule has 3 rings (SSSR count). The van der Waals surface area contributed by atoms with E-state index in [4.69, 9.17) is 11.6 Å². The number of H-pyrrole nitrogens is 1. The van der Waals surface area contributed by atoms with Crippen molar-refractivity contribution in [3.63, 3.8) is 0 Å². The van der Waals surface area contributed by atoms with Crippen LogP contribution in [0.15, 0.2) is 30.5 Å². The number of hydrogen-bond acceptors (Lipinski definition) is 6. The summed E-state index contributed by atoms with van der Waals surface area (Å²) < 4.78 is 0. The van der Waals surface area contributed by atoms with E-state index >= 15 is 0 Å². The molecule has 1 N–H and O–H groups in total. The molecule has 9 nitrogen and oxygen atoms in total. The molecule has 2 heterocycles. The molecule has 0 amide bonds. The number of nitro benzene ring substituents is 2. The van der Waals surface area contributed by atoms with Crippen molar-refractivity contribution in [2.24, 2.45) is 0 Å². The second kappa shape index (κ2) is 5.04. The van der Waals surface area contributed by atoms with Gasteiger partial charge in [-0.25, -0.2) is 9.97 Å². The highest BCUT2D eigenvalue weighted by molar-refractivity contribution is 6.33. The molecule has 2 aromatic heterocycles. The molecule has 0 fully saturated rings. The van der Waals surface area contributed by atoms with Crippen molar-refractivity contribution in [1.29, 1.82) is 0 Å². The van der Waals surface area contributed by atoms with E-state index < -0.39 is 21.2 Å². The lowest BCUT2D eigenvalue weighted by Gasteiger charge is -1.98. The van der Waals surface area contributed by atoms with Crippen LogP contribution < -0.4 is 0 Å². The third-order valence-electron chi connectivity index (χ3n) is 2.95. The Bertz CT molecular complexity index is 891. The maximum absolute atomic E-state index is 10.9. The lowest BCUT2D eigenvalue weighted by molar-refractivity contribution is -0.394. The highest BCUT2D eigenvalue weighted by atomic mass is 35.5. The Hall–Kier alpha value is -3.07. The van der Waals surface area contributed by atoms with E-state index in [2.05, 4.69) is 15.0 Å². The van der Waals surface area contributed by atoms with Gasteiger partial charge in [0.25, 0.3) is 11.4 Å². The Balaban J connectivity index is 2.22. The Labute approximate surface area is 126 Å². The highest BCUT2D eigenvalue weighted by Gasteiger charge is 2.19. The van der Waals surface area contributed by atoms with Crippen LogP contribution >= 0.6 is 11.6 Å². The van der Waals surface area contributed by atoms with Gasteiger partial charge >= 0.3 is 0 Å². The van der Waals surface area contributed by atoms with Crippen LogP contribution in [0.3, 0.4) is 0 Å². The monoisotopic (exact) mass is 319 g/mol. The number of fused-ring (bicyclic) bond motifs is 1. The number of hydrogen-bond donors (Lipinski definition) is 1. The molecule has 0 aliphatic carbocycles. The molecule has 0 atom stereocenters. The zero-order chi connectivity index (χ0) is 15.9. The molecular weight excluding hydrogens is 314 g/mol. The van der Waals surface area contributed by atoms with Crippen molar-refractivity contribution in [1.82, 2.24) is 15.0 Å². The van der Waals surface area contributed by atoms with Crippen molar-refractivity contribution < 1.29 is 9.85 Å². The number of nitrogens with one attached hydrogen (secondary N) is 1. The number of aromatic amines is 1. The number of aromatic nitrogens is 3. The Morgan fingerprint density at radius 3 is 2.27 bits per heavy atom. The molecule has 1 aromatic carbocycles. The van der Waals surface area contributed by atoms with E-state index in [-0.39, 0.29) is 16.5 Å². The molecule has 0 aliphatic rings. The van der Waals surface area contributed by atoms with Gasteiger partial charge in [0.1, 0.15) is 11.3 Å². The van der Waals surface area contributed by atoms with Gasteiger partial charge in [0, 0.05) is 23.9 Å². The number of halogens is 1. The summed E-state index contributed by atoms with van der Waals surface area (Å²) in [5.41, 5.74) is 0.383. The normalized spacial score (nSPS) is 10.8. The first-order valence-corrected chi connectivity index (χ1v) is 6.28. The standard InChI is InChI=1S/C12H6ClN5O4/c13-11-10-9(1-2-14-11)15-12(16-10)6-3-7(17(19)20)5-8(4-6)18(21)22/h1-5H,(H,15,16). The van der Waals surface area contributed by atoms with Crippen LogP contribution in [-0.2, 0) is 0 Å². The van der Waals surface area contributed by atoms with Crippen molar-refractivity contribution >= 4 is 34.0 Å². The van der Waals surface area contributed by atoms with Crippen LogP contribution in [-0.4, -0.2) is 24.8 Å². The quantitative estimate of drug-likeness (QED) is 0.448. The van der Waals surface area contributed by atoms with Gasteiger partial charge < -0.3 is 4.98 Å². The fourth-order valence-corrected chi connectivity index (χ4v) is 2.18. The fourth-order valence-electron chi connectivity index (χ4n) is 1.98. The van der Waals surface area contributed by atoms with Gasteiger partial charge in [-0.1, -0.05) is 11.6 Å². The van der Waals surface area contributed by atoms with Crippen LogP contribution in [0.1, 0.15) is 0 Å². The average Bonchev–Trinajstić information content (AvgIpc) is 2.92. The maximum Gasteiger partial charge on any atom is 0.277 e. The second-order valence-corrected chi connectivity index (χ2v) is 4.69. The van der Waals surface area contributed by atoms with Crippen LogP contribution in [0.25, 0.3) is 22.4 Å². The minimum absolute atomic E-state index is 0.167. The lowest BCUT2D eigenvalue weighted by Crippen LogP contribution is -1.94. The molecule has 0 saturated heterocycles. The highest BCUT2D eigenvalue weighted by Crippen LogP contribution is 2.30. The average molecular weight is 320 g/mol. The first kappa shape index (κ1) is 13.9. The van der Waals surface area contributed by atoms with E-state index in [1.807, 2.05) is 0 Å². The first-order valence-electron chi connectivity index (χ1n) is 5.90. The number of rotatable bonds is 3. The third kappa shape index (κ3) is 2.33. The largest absolute Gasteiger partial charge is 0.338 e. The van der Waals surface area contributed by atoms with Crippen molar-refractivity contribution in [3.05, 3.63) is 55.8 Å². The van der Waals surface area contributed by atoms with Gasteiger partial charge in [-0.3, -0.25) is 20.2 Å². The predicted molar refractivity (Wildman–Crippen MR) is 77.6 cm³/mol. The van der Waals surface area contributed by atoms with Gasteiger partial charge in [0.2, 0.25) is 0 Å². The van der Waals surface area contributed by atoms with E-state index in [1.165, 1.54) is 18.3 Å². The van der Waals surface area contributed by atoms with Crippen molar-refractivity contribution in [2.75, 3.05) is 0 Å². The molecule has 0 spiro atoms. The van der Waals surface area contributed by atoms with Crippen molar-refractivity contribution in [2.45, 2.75) is 0 Å². The summed E-state index contributed by atoms with van der Waals surface area (Å²) in [7, 11) is 0. The predicted octanol–water partition coefficient (Wildman–Crippen LogP) is 3.09.